The highest BCUT2D eigenvalue weighted by Crippen LogP contribution is 2.21. The Bertz CT molecular complexity index is 216. The van der Waals surface area contributed by atoms with Crippen molar-refractivity contribution in [2.75, 3.05) is 18.6 Å². The van der Waals surface area contributed by atoms with E-state index in [1.165, 1.54) is 6.26 Å². The second-order valence-corrected chi connectivity index (χ2v) is 6.32. The Balaban J connectivity index is 3.72. The zero-order valence-corrected chi connectivity index (χ0v) is 8.82. The fourth-order valence-corrected chi connectivity index (χ4v) is 1.56. The summed E-state index contributed by atoms with van der Waals surface area (Å²) in [6, 6.07) is 0. The van der Waals surface area contributed by atoms with Crippen LogP contribution >= 0.6 is 0 Å². The largest absolute Gasteiger partial charge is 0.396 e. The van der Waals surface area contributed by atoms with E-state index in [1.54, 1.807) is 0 Å². The van der Waals surface area contributed by atoms with E-state index >= 15 is 0 Å². The van der Waals surface area contributed by atoms with Gasteiger partial charge >= 0.3 is 0 Å². The minimum atomic E-state index is -2.84. The molecule has 4 heteroatoms. The van der Waals surface area contributed by atoms with Crippen molar-refractivity contribution in [3.63, 3.8) is 0 Å². The van der Waals surface area contributed by atoms with Crippen LogP contribution in [0.3, 0.4) is 0 Å². The maximum Gasteiger partial charge on any atom is 0.147 e. The summed E-state index contributed by atoms with van der Waals surface area (Å²) in [6.07, 6.45) is 2.61. The molecule has 0 aliphatic heterocycles. The summed E-state index contributed by atoms with van der Waals surface area (Å²) in [5.41, 5.74) is -0.148. The summed E-state index contributed by atoms with van der Waals surface area (Å²) in [4.78, 5) is 0. The SMILES string of the molecule is CC(C)(CO)CCCS(C)(=O)=O. The first-order chi connectivity index (χ1) is 5.27. The summed E-state index contributed by atoms with van der Waals surface area (Å²) < 4.78 is 21.5. The molecule has 0 radical (unpaired) electrons. The smallest absolute Gasteiger partial charge is 0.147 e. The predicted octanol–water partition coefficient (Wildman–Crippen LogP) is 0.830. The molecular weight excluding hydrogens is 176 g/mol. The third kappa shape index (κ3) is 6.61. The molecule has 0 amide bonds. The summed E-state index contributed by atoms with van der Waals surface area (Å²) in [5.74, 6) is 0.219. The molecule has 0 unspecified atom stereocenters. The molecular formula is C8H18O3S. The van der Waals surface area contributed by atoms with Gasteiger partial charge < -0.3 is 5.11 Å². The Hall–Kier alpha value is -0.0900. The van der Waals surface area contributed by atoms with Gasteiger partial charge in [-0.05, 0) is 18.3 Å². The highest BCUT2D eigenvalue weighted by molar-refractivity contribution is 7.90. The van der Waals surface area contributed by atoms with Gasteiger partial charge in [-0.1, -0.05) is 13.8 Å². The van der Waals surface area contributed by atoms with Gasteiger partial charge in [-0.3, -0.25) is 0 Å². The Morgan fingerprint density at radius 2 is 1.83 bits per heavy atom. The van der Waals surface area contributed by atoms with E-state index in [1.807, 2.05) is 13.8 Å². The number of sulfone groups is 1. The second-order valence-electron chi connectivity index (χ2n) is 4.06. The highest BCUT2D eigenvalue weighted by Gasteiger charge is 2.16. The molecule has 3 nitrogen and oxygen atoms in total. The summed E-state index contributed by atoms with van der Waals surface area (Å²) in [5, 5.41) is 8.87. The van der Waals surface area contributed by atoms with Gasteiger partial charge in [0.15, 0.2) is 0 Å². The third-order valence-electron chi connectivity index (χ3n) is 1.80. The summed E-state index contributed by atoms with van der Waals surface area (Å²) >= 11 is 0. The molecule has 0 spiro atoms. The molecule has 0 aromatic rings. The number of aliphatic hydroxyl groups excluding tert-OH is 1. The molecule has 0 bridgehead atoms. The van der Waals surface area contributed by atoms with Crippen LogP contribution in [0.5, 0.6) is 0 Å². The lowest BCUT2D eigenvalue weighted by atomic mass is 9.89. The molecule has 0 aromatic heterocycles. The van der Waals surface area contributed by atoms with Crippen LogP contribution in [0.2, 0.25) is 0 Å². The van der Waals surface area contributed by atoms with Crippen LogP contribution in [0.4, 0.5) is 0 Å². The first-order valence-corrected chi connectivity index (χ1v) is 6.11. The van der Waals surface area contributed by atoms with Crippen LogP contribution in [-0.4, -0.2) is 32.1 Å². The van der Waals surface area contributed by atoms with Crippen LogP contribution in [0.1, 0.15) is 26.7 Å². The quantitative estimate of drug-likeness (QED) is 0.705. The van der Waals surface area contributed by atoms with Crippen LogP contribution in [0, 0.1) is 5.41 Å². The number of aliphatic hydroxyl groups is 1. The van der Waals surface area contributed by atoms with Crippen molar-refractivity contribution in [2.45, 2.75) is 26.7 Å². The number of hydrogen-bond acceptors (Lipinski definition) is 3. The van der Waals surface area contributed by atoms with Crippen LogP contribution in [0.15, 0.2) is 0 Å². The van der Waals surface area contributed by atoms with E-state index in [-0.39, 0.29) is 17.8 Å². The average molecular weight is 194 g/mol. The van der Waals surface area contributed by atoms with E-state index in [0.29, 0.717) is 6.42 Å². The lowest BCUT2D eigenvalue weighted by Gasteiger charge is -2.20. The van der Waals surface area contributed by atoms with Crippen LogP contribution in [-0.2, 0) is 9.84 Å². The van der Waals surface area contributed by atoms with Gasteiger partial charge in [-0.15, -0.1) is 0 Å². The molecule has 0 saturated heterocycles. The topological polar surface area (TPSA) is 54.4 Å². The van der Waals surface area contributed by atoms with Gasteiger partial charge in [0.25, 0.3) is 0 Å². The van der Waals surface area contributed by atoms with Crippen molar-refractivity contribution < 1.29 is 13.5 Å². The van der Waals surface area contributed by atoms with Gasteiger partial charge in [0.1, 0.15) is 9.84 Å². The van der Waals surface area contributed by atoms with Crippen LogP contribution < -0.4 is 0 Å². The summed E-state index contributed by atoms with van der Waals surface area (Å²) in [6.45, 7) is 3.96. The van der Waals surface area contributed by atoms with Crippen molar-refractivity contribution in [3.05, 3.63) is 0 Å². The molecule has 1 N–H and O–H groups in total. The standard InChI is InChI=1S/C8H18O3S/c1-8(2,7-9)5-4-6-12(3,10)11/h9H,4-7H2,1-3H3. The van der Waals surface area contributed by atoms with Gasteiger partial charge in [-0.2, -0.15) is 0 Å². The molecule has 12 heavy (non-hydrogen) atoms. The molecule has 0 aliphatic carbocycles. The maximum atomic E-state index is 10.7. The Kier molecular flexibility index (Phi) is 4.20. The minimum absolute atomic E-state index is 0.108. The number of hydrogen-bond donors (Lipinski definition) is 1. The second kappa shape index (κ2) is 4.23. The highest BCUT2D eigenvalue weighted by atomic mass is 32.2. The van der Waals surface area contributed by atoms with Gasteiger partial charge in [0.2, 0.25) is 0 Å². The fourth-order valence-electron chi connectivity index (χ4n) is 0.892. The zero-order chi connectivity index (χ0) is 9.83. The van der Waals surface area contributed by atoms with Crippen LogP contribution in [0.25, 0.3) is 0 Å². The number of rotatable bonds is 5. The molecule has 0 rings (SSSR count). The van der Waals surface area contributed by atoms with E-state index in [2.05, 4.69) is 0 Å². The van der Waals surface area contributed by atoms with E-state index in [9.17, 15) is 8.42 Å². The summed E-state index contributed by atoms with van der Waals surface area (Å²) in [7, 11) is -2.84. The molecule has 0 aliphatic rings. The zero-order valence-electron chi connectivity index (χ0n) is 8.00. The van der Waals surface area contributed by atoms with E-state index in [4.69, 9.17) is 5.11 Å². The van der Waals surface area contributed by atoms with Gasteiger partial charge in [0, 0.05) is 18.6 Å². The van der Waals surface area contributed by atoms with E-state index < -0.39 is 9.84 Å². The lowest BCUT2D eigenvalue weighted by molar-refractivity contribution is 0.150. The molecule has 74 valence electrons. The maximum absolute atomic E-state index is 10.7. The van der Waals surface area contributed by atoms with Gasteiger partial charge in [-0.25, -0.2) is 8.42 Å². The van der Waals surface area contributed by atoms with Crippen molar-refractivity contribution in [3.8, 4) is 0 Å². The van der Waals surface area contributed by atoms with Crippen molar-refractivity contribution in [1.82, 2.24) is 0 Å². The third-order valence-corrected chi connectivity index (χ3v) is 2.83. The monoisotopic (exact) mass is 194 g/mol. The molecule has 0 heterocycles. The first-order valence-electron chi connectivity index (χ1n) is 4.05. The molecule has 0 saturated carbocycles. The fraction of sp³-hybridized carbons (Fsp3) is 1.00. The Labute approximate surface area is 74.7 Å². The normalized spacial score (nSPS) is 13.3. The molecule has 0 atom stereocenters. The van der Waals surface area contributed by atoms with E-state index in [0.717, 1.165) is 6.42 Å². The average Bonchev–Trinajstić information content (AvgIpc) is 1.84. The van der Waals surface area contributed by atoms with Crippen molar-refractivity contribution >= 4 is 9.84 Å². The van der Waals surface area contributed by atoms with Crippen molar-refractivity contribution in [1.29, 1.82) is 0 Å². The van der Waals surface area contributed by atoms with Crippen molar-refractivity contribution in [2.24, 2.45) is 5.41 Å². The van der Waals surface area contributed by atoms with Gasteiger partial charge in [0.05, 0.1) is 0 Å². The first kappa shape index (κ1) is 11.9. The Morgan fingerprint density at radius 3 is 2.17 bits per heavy atom. The Morgan fingerprint density at radius 1 is 1.33 bits per heavy atom. The minimum Gasteiger partial charge on any atom is -0.396 e. The molecule has 0 fully saturated rings. The lowest BCUT2D eigenvalue weighted by Crippen LogP contribution is -2.18. The predicted molar refractivity (Wildman–Crippen MR) is 49.8 cm³/mol. The molecule has 0 aromatic carbocycles.